The molecule has 0 radical (unpaired) electrons. The summed E-state index contributed by atoms with van der Waals surface area (Å²) in [5.74, 6) is -3.10. The molecule has 37 heavy (non-hydrogen) atoms. The van der Waals surface area contributed by atoms with Crippen LogP contribution in [0.5, 0.6) is 0 Å². The minimum absolute atomic E-state index is 0.194. The maximum absolute atomic E-state index is 13.6. The number of halogens is 3. The maximum atomic E-state index is 13.6. The number of carbonyl (C=O) groups is 2. The van der Waals surface area contributed by atoms with Gasteiger partial charge in [-0.15, -0.1) is 0 Å². The Morgan fingerprint density at radius 2 is 1.70 bits per heavy atom. The van der Waals surface area contributed by atoms with Crippen LogP contribution in [0.15, 0.2) is 48.5 Å². The normalized spacial score (nSPS) is 17.5. The summed E-state index contributed by atoms with van der Waals surface area (Å²) in [6.07, 6.45) is -3.09. The predicted octanol–water partition coefficient (Wildman–Crippen LogP) is 4.89. The number of rotatable bonds is 8. The minimum Gasteiger partial charge on any atom is -0.478 e. The molecule has 7 nitrogen and oxygen atoms in total. The molecule has 2 aromatic rings. The molecule has 0 unspecified atom stereocenters. The number of aromatic carboxylic acids is 1. The number of alkyl halides is 3. The molecule has 2 fully saturated rings. The Balaban J connectivity index is 1.49. The van der Waals surface area contributed by atoms with Gasteiger partial charge in [-0.1, -0.05) is 30.3 Å². The summed E-state index contributed by atoms with van der Waals surface area (Å²) in [6.45, 7) is 2.85. The summed E-state index contributed by atoms with van der Waals surface area (Å²) >= 11 is 0. The lowest BCUT2D eigenvalue weighted by molar-refractivity contribution is -0.171. The van der Waals surface area contributed by atoms with Crippen LogP contribution in [0.4, 0.5) is 24.5 Å². The summed E-state index contributed by atoms with van der Waals surface area (Å²) in [7, 11) is 0. The van der Waals surface area contributed by atoms with Gasteiger partial charge in [0, 0.05) is 44.6 Å². The van der Waals surface area contributed by atoms with Gasteiger partial charge in [-0.2, -0.15) is 13.2 Å². The largest absolute Gasteiger partial charge is 0.478 e. The van der Waals surface area contributed by atoms with Gasteiger partial charge < -0.3 is 24.4 Å². The van der Waals surface area contributed by atoms with Crippen LogP contribution in [0.3, 0.4) is 0 Å². The van der Waals surface area contributed by atoms with Gasteiger partial charge in [0.25, 0.3) is 0 Å². The fourth-order valence-electron chi connectivity index (χ4n) is 4.92. The number of carboxylic acid groups (broad SMARTS) is 1. The molecular formula is C27H31F3N2O5. The molecule has 2 saturated heterocycles. The zero-order valence-electron chi connectivity index (χ0n) is 20.5. The summed E-state index contributed by atoms with van der Waals surface area (Å²) in [4.78, 5) is 27.1. The monoisotopic (exact) mass is 520 g/mol. The van der Waals surface area contributed by atoms with Crippen molar-refractivity contribution in [3.05, 3.63) is 59.7 Å². The highest BCUT2D eigenvalue weighted by atomic mass is 19.4. The van der Waals surface area contributed by atoms with Gasteiger partial charge in [0.15, 0.2) is 0 Å². The van der Waals surface area contributed by atoms with Gasteiger partial charge in [0.05, 0.1) is 17.9 Å². The number of benzene rings is 2. The molecule has 0 atom stereocenters. The zero-order chi connectivity index (χ0) is 26.4. The van der Waals surface area contributed by atoms with Crippen molar-refractivity contribution in [2.45, 2.75) is 44.5 Å². The highest BCUT2D eigenvalue weighted by molar-refractivity contribution is 6.05. The average Bonchev–Trinajstić information content (AvgIpc) is 2.90. The first-order valence-corrected chi connectivity index (χ1v) is 12.5. The number of piperidine rings is 1. The van der Waals surface area contributed by atoms with E-state index < -0.39 is 24.1 Å². The van der Waals surface area contributed by atoms with Crippen molar-refractivity contribution < 1.29 is 37.3 Å². The van der Waals surface area contributed by atoms with Crippen LogP contribution in [-0.4, -0.2) is 62.1 Å². The Morgan fingerprint density at radius 1 is 1.03 bits per heavy atom. The first-order valence-electron chi connectivity index (χ1n) is 12.5. The second-order valence-electron chi connectivity index (χ2n) is 9.45. The van der Waals surface area contributed by atoms with Crippen molar-refractivity contribution in [3.8, 4) is 0 Å². The summed E-state index contributed by atoms with van der Waals surface area (Å²) in [5.41, 5.74) is 1.13. The van der Waals surface area contributed by atoms with Crippen LogP contribution in [0.1, 0.15) is 41.6 Å². The van der Waals surface area contributed by atoms with Crippen LogP contribution in [0.2, 0.25) is 0 Å². The van der Waals surface area contributed by atoms with Crippen molar-refractivity contribution in [3.63, 3.8) is 0 Å². The summed E-state index contributed by atoms with van der Waals surface area (Å²) in [5, 5.41) is 9.73. The van der Waals surface area contributed by atoms with Crippen molar-refractivity contribution >= 4 is 23.3 Å². The van der Waals surface area contributed by atoms with Gasteiger partial charge in [-0.25, -0.2) is 4.79 Å². The van der Waals surface area contributed by atoms with Gasteiger partial charge in [-0.3, -0.25) is 4.79 Å². The van der Waals surface area contributed by atoms with Crippen LogP contribution >= 0.6 is 0 Å². The lowest BCUT2D eigenvalue weighted by Crippen LogP contribution is -2.50. The number of carbonyl (C=O) groups excluding carboxylic acids is 1. The van der Waals surface area contributed by atoms with E-state index in [4.69, 9.17) is 9.47 Å². The molecule has 1 amide bonds. The van der Waals surface area contributed by atoms with Gasteiger partial charge >= 0.3 is 18.1 Å². The zero-order valence-corrected chi connectivity index (χ0v) is 20.5. The SMILES string of the molecule is O=C(O)c1ccc(N2CCC(COCc3ccccc3)CC2)cc1N(C(=O)C(F)(F)F)C1CCOCC1. The summed E-state index contributed by atoms with van der Waals surface area (Å²) < 4.78 is 51.9. The number of amides is 1. The Kier molecular flexibility index (Phi) is 8.71. The molecule has 2 heterocycles. The molecule has 0 aliphatic carbocycles. The number of carboxylic acids is 1. The molecule has 0 spiro atoms. The fourth-order valence-corrected chi connectivity index (χ4v) is 4.92. The van der Waals surface area contributed by atoms with Crippen LogP contribution in [0, 0.1) is 5.92 Å². The third kappa shape index (κ3) is 6.81. The van der Waals surface area contributed by atoms with Crippen LogP contribution in [0.25, 0.3) is 0 Å². The highest BCUT2D eigenvalue weighted by Crippen LogP contribution is 2.35. The minimum atomic E-state index is -5.14. The van der Waals surface area contributed by atoms with E-state index in [1.807, 2.05) is 35.2 Å². The molecule has 1 N–H and O–H groups in total. The van der Waals surface area contributed by atoms with Crippen molar-refractivity contribution in [1.82, 2.24) is 0 Å². The standard InChI is InChI=1S/C27H31F3N2O5/c28-27(29,30)26(35)32(21-10-14-36-15-11-21)24-16-22(6-7-23(24)25(33)34)31-12-8-20(9-13-31)18-37-17-19-4-2-1-3-5-19/h1-7,16,20-21H,8-15,17-18H2,(H,33,34). The van der Waals surface area contributed by atoms with E-state index in [0.29, 0.717) is 42.8 Å². The van der Waals surface area contributed by atoms with Crippen molar-refractivity contribution in [2.24, 2.45) is 5.92 Å². The number of ether oxygens (including phenoxy) is 2. The molecule has 0 saturated carbocycles. The third-order valence-electron chi connectivity index (χ3n) is 6.93. The second kappa shape index (κ2) is 12.0. The number of hydrogen-bond donors (Lipinski definition) is 1. The molecule has 2 aromatic carbocycles. The second-order valence-corrected chi connectivity index (χ2v) is 9.45. The van der Waals surface area contributed by atoms with E-state index in [9.17, 15) is 27.9 Å². The average molecular weight is 521 g/mol. The summed E-state index contributed by atoms with van der Waals surface area (Å²) in [6, 6.07) is 13.4. The van der Waals surface area contributed by atoms with E-state index in [1.165, 1.54) is 12.1 Å². The number of hydrogen-bond acceptors (Lipinski definition) is 5. The van der Waals surface area contributed by atoms with E-state index in [0.717, 1.165) is 18.4 Å². The smallest absolute Gasteiger partial charge is 0.471 e. The quantitative estimate of drug-likeness (QED) is 0.534. The van der Waals surface area contributed by atoms with E-state index >= 15 is 0 Å². The van der Waals surface area contributed by atoms with Crippen molar-refractivity contribution in [2.75, 3.05) is 42.7 Å². The highest BCUT2D eigenvalue weighted by Gasteiger charge is 2.46. The Bertz CT molecular complexity index is 1070. The lowest BCUT2D eigenvalue weighted by Gasteiger charge is -2.37. The molecule has 2 aliphatic heterocycles. The molecule has 4 rings (SSSR count). The van der Waals surface area contributed by atoms with Gasteiger partial charge in [0.2, 0.25) is 0 Å². The van der Waals surface area contributed by atoms with Crippen LogP contribution < -0.4 is 9.80 Å². The fraction of sp³-hybridized carbons (Fsp3) is 0.481. The van der Waals surface area contributed by atoms with Gasteiger partial charge in [-0.05, 0) is 55.4 Å². The van der Waals surface area contributed by atoms with Crippen molar-refractivity contribution in [1.29, 1.82) is 0 Å². The molecule has 200 valence electrons. The third-order valence-corrected chi connectivity index (χ3v) is 6.93. The van der Waals surface area contributed by atoms with Crippen LogP contribution in [-0.2, 0) is 20.9 Å². The molecule has 2 aliphatic rings. The van der Waals surface area contributed by atoms with E-state index in [1.54, 1.807) is 6.07 Å². The number of nitrogens with zero attached hydrogens (tertiary/aromatic N) is 2. The maximum Gasteiger partial charge on any atom is 0.471 e. The Hall–Kier alpha value is -3.11. The Morgan fingerprint density at radius 3 is 2.32 bits per heavy atom. The first-order chi connectivity index (χ1) is 17.7. The predicted molar refractivity (Wildman–Crippen MR) is 132 cm³/mol. The first kappa shape index (κ1) is 26.9. The molecule has 0 bridgehead atoms. The number of anilines is 2. The van der Waals surface area contributed by atoms with E-state index in [2.05, 4.69) is 0 Å². The molecular weight excluding hydrogens is 489 g/mol. The topological polar surface area (TPSA) is 79.3 Å². The van der Waals surface area contributed by atoms with Gasteiger partial charge in [0.1, 0.15) is 0 Å². The Labute approximate surface area is 213 Å². The molecule has 0 aromatic heterocycles. The van der Waals surface area contributed by atoms with E-state index in [-0.39, 0.29) is 37.3 Å². The molecule has 10 heteroatoms. The lowest BCUT2D eigenvalue weighted by atomic mass is 9.96.